The van der Waals surface area contributed by atoms with Gasteiger partial charge in [-0.25, -0.2) is 4.39 Å². The molecule has 0 unspecified atom stereocenters. The van der Waals surface area contributed by atoms with E-state index in [0.29, 0.717) is 17.2 Å². The summed E-state index contributed by atoms with van der Waals surface area (Å²) in [5.74, 6) is 0.334. The number of anilines is 1. The van der Waals surface area contributed by atoms with Crippen LogP contribution in [0.2, 0.25) is 0 Å². The largest absolute Gasteiger partial charge is 0.389 e. The van der Waals surface area contributed by atoms with Crippen molar-refractivity contribution >= 4 is 22.9 Å². The highest BCUT2D eigenvalue weighted by molar-refractivity contribution is 7.80. The first-order valence-electron chi connectivity index (χ1n) is 5.77. The highest BCUT2D eigenvalue weighted by Gasteiger charge is 2.37. The molecule has 2 nitrogen and oxygen atoms in total. The molecular weight excluding hydrogens is 235 g/mol. The maximum absolute atomic E-state index is 13.8. The molecule has 1 fully saturated rings. The van der Waals surface area contributed by atoms with Gasteiger partial charge in [-0.15, -0.1) is 0 Å². The van der Waals surface area contributed by atoms with E-state index in [1.54, 1.807) is 12.1 Å². The topological polar surface area (TPSA) is 38.0 Å². The minimum Gasteiger partial charge on any atom is -0.389 e. The van der Waals surface area contributed by atoms with Crippen molar-refractivity contribution in [2.24, 2.45) is 11.7 Å². The summed E-state index contributed by atoms with van der Waals surface area (Å²) in [7, 11) is 0. The predicted octanol–water partition coefficient (Wildman–Crippen LogP) is 3.06. The Morgan fingerprint density at radius 1 is 1.47 bits per heavy atom. The van der Waals surface area contributed by atoms with Crippen LogP contribution in [0.3, 0.4) is 0 Å². The molecule has 0 amide bonds. The van der Waals surface area contributed by atoms with Crippen LogP contribution in [0.1, 0.15) is 32.3 Å². The molecule has 0 saturated heterocycles. The molecule has 0 radical (unpaired) electrons. The van der Waals surface area contributed by atoms with Gasteiger partial charge in [-0.3, -0.25) is 0 Å². The molecule has 92 valence electrons. The minimum atomic E-state index is -0.302. The van der Waals surface area contributed by atoms with Crippen LogP contribution in [0.15, 0.2) is 18.2 Å². The average molecular weight is 252 g/mol. The summed E-state index contributed by atoms with van der Waals surface area (Å²) in [5, 5.41) is 3.26. The van der Waals surface area contributed by atoms with E-state index in [-0.39, 0.29) is 16.3 Å². The maximum atomic E-state index is 13.8. The van der Waals surface area contributed by atoms with Crippen molar-refractivity contribution in [1.29, 1.82) is 0 Å². The van der Waals surface area contributed by atoms with Crippen LogP contribution in [0.4, 0.5) is 10.1 Å². The molecule has 2 rings (SSSR count). The Bertz CT molecular complexity index is 453. The second-order valence-corrected chi connectivity index (χ2v) is 5.62. The van der Waals surface area contributed by atoms with Crippen molar-refractivity contribution < 1.29 is 4.39 Å². The summed E-state index contributed by atoms with van der Waals surface area (Å²) >= 11 is 4.82. The fraction of sp³-hybridized carbons (Fsp3) is 0.462. The van der Waals surface area contributed by atoms with Crippen molar-refractivity contribution in [2.75, 3.05) is 5.32 Å². The first kappa shape index (κ1) is 12.3. The zero-order valence-corrected chi connectivity index (χ0v) is 10.9. The molecular formula is C13H17FN2S. The third-order valence-electron chi connectivity index (χ3n) is 3.31. The summed E-state index contributed by atoms with van der Waals surface area (Å²) in [4.78, 5) is 0.219. The van der Waals surface area contributed by atoms with Crippen molar-refractivity contribution in [1.82, 2.24) is 0 Å². The standard InChI is InChI=1S/C13H17FN2S/c1-13(2,9-4-5-9)16-11-6-3-8(12(15)17)7-10(11)14/h3,6-7,9,16H,4-5H2,1-2H3,(H2,15,17). The predicted molar refractivity (Wildman–Crippen MR) is 72.7 cm³/mol. The van der Waals surface area contributed by atoms with E-state index in [1.807, 2.05) is 0 Å². The number of nitrogens with two attached hydrogens (primary N) is 1. The van der Waals surface area contributed by atoms with Gasteiger partial charge in [-0.2, -0.15) is 0 Å². The van der Waals surface area contributed by atoms with Crippen molar-refractivity contribution in [3.8, 4) is 0 Å². The van der Waals surface area contributed by atoms with Gasteiger partial charge in [0.1, 0.15) is 10.8 Å². The lowest BCUT2D eigenvalue weighted by Gasteiger charge is -2.27. The van der Waals surface area contributed by atoms with E-state index in [1.165, 1.54) is 18.9 Å². The highest BCUT2D eigenvalue weighted by atomic mass is 32.1. The van der Waals surface area contributed by atoms with Crippen LogP contribution in [-0.2, 0) is 0 Å². The van der Waals surface area contributed by atoms with Gasteiger partial charge in [0.2, 0.25) is 0 Å². The first-order chi connectivity index (χ1) is 7.90. The zero-order chi connectivity index (χ0) is 12.6. The van der Waals surface area contributed by atoms with Gasteiger partial charge in [-0.1, -0.05) is 12.2 Å². The minimum absolute atomic E-state index is 0.0639. The van der Waals surface area contributed by atoms with Crippen molar-refractivity contribution in [2.45, 2.75) is 32.2 Å². The highest BCUT2D eigenvalue weighted by Crippen LogP contribution is 2.41. The Hall–Kier alpha value is -1.16. The number of benzene rings is 1. The van der Waals surface area contributed by atoms with E-state index in [0.717, 1.165) is 0 Å². The van der Waals surface area contributed by atoms with E-state index in [2.05, 4.69) is 19.2 Å². The number of hydrogen-bond acceptors (Lipinski definition) is 2. The van der Waals surface area contributed by atoms with Crippen LogP contribution < -0.4 is 11.1 Å². The van der Waals surface area contributed by atoms with Crippen LogP contribution in [-0.4, -0.2) is 10.5 Å². The van der Waals surface area contributed by atoms with Crippen LogP contribution in [0.5, 0.6) is 0 Å². The molecule has 0 heterocycles. The van der Waals surface area contributed by atoms with Gasteiger partial charge >= 0.3 is 0 Å². The molecule has 0 bridgehead atoms. The number of nitrogens with one attached hydrogen (secondary N) is 1. The van der Waals surface area contributed by atoms with Gasteiger partial charge in [0.05, 0.1) is 5.69 Å². The number of halogens is 1. The van der Waals surface area contributed by atoms with Crippen LogP contribution >= 0.6 is 12.2 Å². The number of hydrogen-bond donors (Lipinski definition) is 2. The second-order valence-electron chi connectivity index (χ2n) is 5.18. The van der Waals surface area contributed by atoms with E-state index in [4.69, 9.17) is 18.0 Å². The lowest BCUT2D eigenvalue weighted by Crippen LogP contribution is -2.33. The van der Waals surface area contributed by atoms with E-state index >= 15 is 0 Å². The van der Waals surface area contributed by atoms with Gasteiger partial charge in [0.15, 0.2) is 0 Å². The van der Waals surface area contributed by atoms with Gasteiger partial charge < -0.3 is 11.1 Å². The molecule has 1 aliphatic rings. The fourth-order valence-corrected chi connectivity index (χ4v) is 2.15. The molecule has 3 N–H and O–H groups in total. The smallest absolute Gasteiger partial charge is 0.146 e. The Morgan fingerprint density at radius 2 is 2.12 bits per heavy atom. The van der Waals surface area contributed by atoms with Gasteiger partial charge in [-0.05, 0) is 50.8 Å². The van der Waals surface area contributed by atoms with Gasteiger partial charge in [0.25, 0.3) is 0 Å². The number of thiocarbonyl (C=S) groups is 1. The molecule has 0 spiro atoms. The zero-order valence-electron chi connectivity index (χ0n) is 10.1. The molecule has 0 atom stereocenters. The number of rotatable bonds is 4. The van der Waals surface area contributed by atoms with Gasteiger partial charge in [0, 0.05) is 11.1 Å². The SMILES string of the molecule is CC(C)(Nc1ccc(C(N)=S)cc1F)C1CC1. The van der Waals surface area contributed by atoms with Crippen LogP contribution in [0.25, 0.3) is 0 Å². The molecule has 1 aromatic carbocycles. The summed E-state index contributed by atoms with van der Waals surface area (Å²) < 4.78 is 13.8. The van der Waals surface area contributed by atoms with Crippen LogP contribution in [0, 0.1) is 11.7 Å². The summed E-state index contributed by atoms with van der Waals surface area (Å²) in [5.41, 5.74) is 6.48. The Balaban J connectivity index is 2.19. The molecule has 1 aromatic rings. The third-order valence-corrected chi connectivity index (χ3v) is 3.54. The monoisotopic (exact) mass is 252 g/mol. The summed E-state index contributed by atoms with van der Waals surface area (Å²) in [6.45, 7) is 4.21. The molecule has 0 aliphatic heterocycles. The molecule has 1 aliphatic carbocycles. The average Bonchev–Trinajstić information content (AvgIpc) is 3.04. The van der Waals surface area contributed by atoms with E-state index < -0.39 is 0 Å². The van der Waals surface area contributed by atoms with Crippen molar-refractivity contribution in [3.05, 3.63) is 29.6 Å². The summed E-state index contributed by atoms with van der Waals surface area (Å²) in [6.07, 6.45) is 2.43. The Morgan fingerprint density at radius 3 is 2.59 bits per heavy atom. The second kappa shape index (κ2) is 4.26. The normalized spacial score (nSPS) is 15.7. The molecule has 0 aromatic heterocycles. The lowest BCUT2D eigenvalue weighted by molar-refractivity contribution is 0.489. The molecule has 17 heavy (non-hydrogen) atoms. The van der Waals surface area contributed by atoms with Crippen molar-refractivity contribution in [3.63, 3.8) is 0 Å². The first-order valence-corrected chi connectivity index (χ1v) is 6.18. The third kappa shape index (κ3) is 2.75. The quantitative estimate of drug-likeness (QED) is 0.809. The van der Waals surface area contributed by atoms with E-state index in [9.17, 15) is 4.39 Å². The summed E-state index contributed by atoms with van der Waals surface area (Å²) in [6, 6.07) is 4.83. The fourth-order valence-electron chi connectivity index (χ4n) is 2.02. The molecule has 4 heteroatoms. The Labute approximate surface area is 106 Å². The lowest BCUT2D eigenvalue weighted by atomic mass is 9.98. The maximum Gasteiger partial charge on any atom is 0.146 e. The Kier molecular flexibility index (Phi) is 3.08. The molecule has 1 saturated carbocycles.